The molecule has 0 heterocycles. The van der Waals surface area contributed by atoms with Gasteiger partial charge in [-0.2, -0.15) is 0 Å². The van der Waals surface area contributed by atoms with Crippen LogP contribution in [0.1, 0.15) is 22.8 Å². The first-order valence-corrected chi connectivity index (χ1v) is 14.2. The van der Waals surface area contributed by atoms with E-state index in [1.165, 1.54) is 42.5 Å². The zero-order valence-electron chi connectivity index (χ0n) is 20.2. The Morgan fingerprint density at radius 3 is 2.26 bits per heavy atom. The van der Waals surface area contributed by atoms with E-state index in [0.717, 1.165) is 5.56 Å². The lowest BCUT2D eigenvalue weighted by atomic mass is 10.1. The number of sulfonamides is 1. The molecule has 4 rings (SSSR count). The number of anilines is 1. The molecule has 6 nitrogen and oxygen atoms in total. The Morgan fingerprint density at radius 1 is 0.868 bits per heavy atom. The van der Waals surface area contributed by atoms with Crippen LogP contribution in [0.4, 0.5) is 5.69 Å². The van der Waals surface area contributed by atoms with E-state index in [2.05, 4.69) is 4.72 Å². The molecule has 10 heteroatoms. The van der Waals surface area contributed by atoms with Crippen molar-refractivity contribution in [2.75, 3.05) is 11.3 Å². The van der Waals surface area contributed by atoms with Gasteiger partial charge >= 0.3 is 0 Å². The fourth-order valence-electron chi connectivity index (χ4n) is 3.68. The Morgan fingerprint density at radius 2 is 1.58 bits per heavy atom. The fourth-order valence-corrected chi connectivity index (χ4v) is 5.32. The minimum Gasteiger partial charge on any atom is -0.456 e. The lowest BCUT2D eigenvalue weighted by Gasteiger charge is -2.23. The second kappa shape index (κ2) is 12.1. The number of hydrogen-bond acceptors (Lipinski definition) is 4. The Labute approximate surface area is 236 Å². The van der Waals surface area contributed by atoms with Gasteiger partial charge in [-0.1, -0.05) is 59.1 Å². The zero-order valence-corrected chi connectivity index (χ0v) is 23.3. The maximum atomic E-state index is 13.5. The predicted octanol–water partition coefficient (Wildman–Crippen LogP) is 7.90. The van der Waals surface area contributed by atoms with Crippen LogP contribution < -0.4 is 9.46 Å². The van der Waals surface area contributed by atoms with Gasteiger partial charge in [0.25, 0.3) is 15.9 Å². The summed E-state index contributed by atoms with van der Waals surface area (Å²) in [6.07, 6.45) is 0. The molecular formula is C28H23Cl3N2O4S. The highest BCUT2D eigenvalue weighted by atomic mass is 35.5. The SMILES string of the molecule is CCN(Cc1cccc(Cl)c1)C(=O)c1cc(Cl)ccc1NS(=O)(=O)c1ccc(Oc2ccccc2Cl)cc1. The summed E-state index contributed by atoms with van der Waals surface area (Å²) in [6, 6.07) is 24.5. The summed E-state index contributed by atoms with van der Waals surface area (Å²) >= 11 is 18.4. The number of nitrogens with one attached hydrogen (secondary N) is 1. The Kier molecular flexibility index (Phi) is 8.84. The highest BCUT2D eigenvalue weighted by molar-refractivity contribution is 7.92. The molecule has 0 aliphatic carbocycles. The van der Waals surface area contributed by atoms with Crippen molar-refractivity contribution in [3.8, 4) is 11.5 Å². The summed E-state index contributed by atoms with van der Waals surface area (Å²) in [5.41, 5.74) is 1.08. The van der Waals surface area contributed by atoms with E-state index in [-0.39, 0.29) is 22.1 Å². The van der Waals surface area contributed by atoms with Crippen LogP contribution in [0.5, 0.6) is 11.5 Å². The number of amides is 1. The number of carbonyl (C=O) groups is 1. The third-order valence-electron chi connectivity index (χ3n) is 5.59. The first kappa shape index (κ1) is 27.8. The Balaban J connectivity index is 1.56. The second-order valence-electron chi connectivity index (χ2n) is 8.25. The highest BCUT2D eigenvalue weighted by Gasteiger charge is 2.23. The van der Waals surface area contributed by atoms with E-state index in [1.807, 2.05) is 13.0 Å². The van der Waals surface area contributed by atoms with Gasteiger partial charge in [-0.3, -0.25) is 9.52 Å². The molecule has 4 aromatic rings. The molecular weight excluding hydrogens is 567 g/mol. The Hall–Kier alpha value is -3.23. The van der Waals surface area contributed by atoms with Crippen LogP contribution in [0.2, 0.25) is 15.1 Å². The molecule has 196 valence electrons. The lowest BCUT2D eigenvalue weighted by molar-refractivity contribution is 0.0753. The van der Waals surface area contributed by atoms with Gasteiger partial charge in [-0.05, 0) is 79.2 Å². The molecule has 0 aliphatic heterocycles. The molecule has 1 N–H and O–H groups in total. The van der Waals surface area contributed by atoms with Crippen molar-refractivity contribution in [3.05, 3.63) is 117 Å². The first-order chi connectivity index (χ1) is 18.2. The normalized spacial score (nSPS) is 11.2. The number of carbonyl (C=O) groups excluding carboxylic acids is 1. The molecule has 0 unspecified atom stereocenters. The van der Waals surface area contributed by atoms with Gasteiger partial charge in [0.2, 0.25) is 0 Å². The molecule has 0 spiro atoms. The van der Waals surface area contributed by atoms with E-state index in [9.17, 15) is 13.2 Å². The molecule has 0 radical (unpaired) electrons. The standard InChI is InChI=1S/C28H23Cl3N2O4S/c1-2-33(18-19-6-5-7-20(29)16-19)28(34)24-17-21(30)10-15-26(24)32-38(35,36)23-13-11-22(12-14-23)37-27-9-4-3-8-25(27)31/h3-17,32H,2,18H2,1H3. The van der Waals surface area contributed by atoms with Crippen molar-refractivity contribution in [2.45, 2.75) is 18.4 Å². The topological polar surface area (TPSA) is 75.7 Å². The van der Waals surface area contributed by atoms with Gasteiger partial charge in [-0.15, -0.1) is 0 Å². The number of rotatable bonds is 9. The van der Waals surface area contributed by atoms with Crippen LogP contribution in [-0.2, 0) is 16.6 Å². The van der Waals surface area contributed by atoms with Gasteiger partial charge in [0, 0.05) is 23.1 Å². The zero-order chi connectivity index (χ0) is 27.3. The van der Waals surface area contributed by atoms with E-state index in [1.54, 1.807) is 47.4 Å². The molecule has 0 fully saturated rings. The van der Waals surface area contributed by atoms with Crippen molar-refractivity contribution in [1.82, 2.24) is 4.90 Å². The average molecular weight is 590 g/mol. The van der Waals surface area contributed by atoms with Gasteiger partial charge in [-0.25, -0.2) is 8.42 Å². The van der Waals surface area contributed by atoms with Gasteiger partial charge in [0.1, 0.15) is 11.5 Å². The summed E-state index contributed by atoms with van der Waals surface area (Å²) in [4.78, 5) is 15.0. The first-order valence-electron chi connectivity index (χ1n) is 11.5. The van der Waals surface area contributed by atoms with Crippen LogP contribution in [0.25, 0.3) is 0 Å². The van der Waals surface area contributed by atoms with Crippen LogP contribution in [0.3, 0.4) is 0 Å². The number of para-hydroxylation sites is 1. The summed E-state index contributed by atoms with van der Waals surface area (Å²) in [5, 5.41) is 1.30. The monoisotopic (exact) mass is 588 g/mol. The van der Waals surface area contributed by atoms with Gasteiger partial charge in [0.05, 0.1) is 21.2 Å². The van der Waals surface area contributed by atoms with Crippen molar-refractivity contribution >= 4 is 56.4 Å². The molecule has 4 aromatic carbocycles. The molecule has 0 atom stereocenters. The minimum absolute atomic E-state index is 0.0105. The quantitative estimate of drug-likeness (QED) is 0.215. The van der Waals surface area contributed by atoms with Crippen LogP contribution >= 0.6 is 34.8 Å². The number of nitrogens with zero attached hydrogens (tertiary/aromatic N) is 1. The number of ether oxygens (including phenoxy) is 1. The third-order valence-corrected chi connectivity index (χ3v) is 7.75. The van der Waals surface area contributed by atoms with E-state index in [4.69, 9.17) is 39.5 Å². The number of hydrogen-bond donors (Lipinski definition) is 1. The van der Waals surface area contributed by atoms with Gasteiger partial charge in [0.15, 0.2) is 0 Å². The maximum Gasteiger partial charge on any atom is 0.261 e. The highest BCUT2D eigenvalue weighted by Crippen LogP contribution is 2.30. The lowest BCUT2D eigenvalue weighted by Crippen LogP contribution is -2.31. The van der Waals surface area contributed by atoms with Crippen LogP contribution in [0, 0.1) is 0 Å². The number of halogens is 3. The van der Waals surface area contributed by atoms with E-state index >= 15 is 0 Å². The van der Waals surface area contributed by atoms with E-state index in [0.29, 0.717) is 39.7 Å². The molecule has 0 aromatic heterocycles. The summed E-state index contributed by atoms with van der Waals surface area (Å²) in [7, 11) is -4.04. The van der Waals surface area contributed by atoms with Crippen molar-refractivity contribution in [1.29, 1.82) is 0 Å². The molecule has 0 saturated heterocycles. The van der Waals surface area contributed by atoms with Crippen LogP contribution in [-0.4, -0.2) is 25.8 Å². The van der Waals surface area contributed by atoms with Crippen molar-refractivity contribution in [3.63, 3.8) is 0 Å². The largest absolute Gasteiger partial charge is 0.456 e. The summed E-state index contributed by atoms with van der Waals surface area (Å²) in [6.45, 7) is 2.52. The van der Waals surface area contributed by atoms with Crippen molar-refractivity contribution < 1.29 is 17.9 Å². The summed E-state index contributed by atoms with van der Waals surface area (Å²) < 4.78 is 34.7. The predicted molar refractivity (Wildman–Crippen MR) is 152 cm³/mol. The minimum atomic E-state index is -4.04. The maximum absolute atomic E-state index is 13.5. The molecule has 38 heavy (non-hydrogen) atoms. The van der Waals surface area contributed by atoms with E-state index < -0.39 is 10.0 Å². The second-order valence-corrected chi connectivity index (χ2v) is 11.2. The molecule has 0 aliphatic rings. The fraction of sp³-hybridized carbons (Fsp3) is 0.107. The Bertz CT molecular complexity index is 1560. The average Bonchev–Trinajstić information content (AvgIpc) is 2.89. The molecule has 0 saturated carbocycles. The summed E-state index contributed by atoms with van der Waals surface area (Å²) in [5.74, 6) is 0.487. The van der Waals surface area contributed by atoms with Gasteiger partial charge < -0.3 is 9.64 Å². The smallest absolute Gasteiger partial charge is 0.261 e. The van der Waals surface area contributed by atoms with Crippen molar-refractivity contribution in [2.24, 2.45) is 0 Å². The molecule has 1 amide bonds. The third kappa shape index (κ3) is 6.79. The number of benzene rings is 4. The van der Waals surface area contributed by atoms with Crippen LogP contribution in [0.15, 0.2) is 95.9 Å². The molecule has 0 bridgehead atoms.